The summed E-state index contributed by atoms with van der Waals surface area (Å²) in [5.74, 6) is 0. The van der Waals surface area contributed by atoms with E-state index in [0.29, 0.717) is 23.4 Å². The summed E-state index contributed by atoms with van der Waals surface area (Å²) in [6.45, 7) is 7.86. The zero-order valence-electron chi connectivity index (χ0n) is 14.7. The van der Waals surface area contributed by atoms with Gasteiger partial charge in [0.15, 0.2) is 0 Å². The van der Waals surface area contributed by atoms with Gasteiger partial charge in [0.25, 0.3) is 10.0 Å². The quantitative estimate of drug-likeness (QED) is 0.705. The van der Waals surface area contributed by atoms with E-state index < -0.39 is 31.7 Å². The minimum atomic E-state index is -4.60. The third-order valence-corrected chi connectivity index (χ3v) is 5.73. The van der Waals surface area contributed by atoms with Crippen molar-refractivity contribution in [2.24, 2.45) is 0 Å². The van der Waals surface area contributed by atoms with Crippen molar-refractivity contribution in [1.82, 2.24) is 0 Å². The molecule has 0 aliphatic rings. The van der Waals surface area contributed by atoms with Gasteiger partial charge in [0.2, 0.25) is 0 Å². The van der Waals surface area contributed by atoms with Gasteiger partial charge in [-0.25, -0.2) is 8.42 Å². The number of hydrogen-bond donors (Lipinski definition) is 1. The van der Waals surface area contributed by atoms with Crippen LogP contribution < -0.4 is 4.72 Å². The third kappa shape index (κ3) is 4.51. The van der Waals surface area contributed by atoms with Crippen LogP contribution >= 0.6 is 11.6 Å². The number of rotatable bonds is 3. The molecule has 0 spiro atoms. The molecule has 0 aromatic heterocycles. The van der Waals surface area contributed by atoms with Gasteiger partial charge in [0.1, 0.15) is 4.90 Å². The molecule has 8 heteroatoms. The van der Waals surface area contributed by atoms with E-state index in [0.717, 1.165) is 11.6 Å². The monoisotopic (exact) mass is 405 g/mol. The molecule has 1 N–H and O–H groups in total. The summed E-state index contributed by atoms with van der Waals surface area (Å²) in [5.41, 5.74) is 0.967. The standard InChI is InChI=1S/C18H19ClF3NO2S/c1-11-9-12(17(2,3)4)5-7-15(11)23-26(24,25)16-8-6-13(10-14(16)19)18(20,21)22/h5-10,23H,1-4H3. The van der Waals surface area contributed by atoms with Crippen LogP contribution in [-0.4, -0.2) is 8.42 Å². The SMILES string of the molecule is Cc1cc(C(C)(C)C)ccc1NS(=O)(=O)c1ccc(C(F)(F)F)cc1Cl. The number of anilines is 1. The molecule has 0 unspecified atom stereocenters. The highest BCUT2D eigenvalue weighted by Crippen LogP contribution is 2.34. The molecule has 0 saturated heterocycles. The maximum Gasteiger partial charge on any atom is 0.416 e. The van der Waals surface area contributed by atoms with Crippen molar-refractivity contribution in [3.63, 3.8) is 0 Å². The number of nitrogens with one attached hydrogen (secondary N) is 1. The molecule has 0 aliphatic heterocycles. The predicted octanol–water partition coefficient (Wildman–Crippen LogP) is 5.77. The molecular weight excluding hydrogens is 387 g/mol. The summed E-state index contributed by atoms with van der Waals surface area (Å²) in [4.78, 5) is -0.411. The van der Waals surface area contributed by atoms with Gasteiger partial charge < -0.3 is 0 Å². The second-order valence-electron chi connectivity index (χ2n) is 7.03. The zero-order chi connectivity index (χ0) is 19.9. The van der Waals surface area contributed by atoms with Crippen LogP contribution in [0.5, 0.6) is 0 Å². The van der Waals surface area contributed by atoms with Crippen LogP contribution in [0, 0.1) is 6.92 Å². The van der Waals surface area contributed by atoms with E-state index in [2.05, 4.69) is 4.72 Å². The molecule has 2 rings (SSSR count). The molecule has 0 radical (unpaired) electrons. The Hall–Kier alpha value is -1.73. The van der Waals surface area contributed by atoms with Gasteiger partial charge in [0.05, 0.1) is 16.3 Å². The van der Waals surface area contributed by atoms with Gasteiger partial charge in [-0.2, -0.15) is 13.2 Å². The maximum atomic E-state index is 12.7. The minimum absolute atomic E-state index is 0.0983. The number of sulfonamides is 1. The second kappa shape index (κ2) is 6.78. The Bertz CT molecular complexity index is 932. The Labute approximate surface area is 156 Å². The van der Waals surface area contributed by atoms with Crippen LogP contribution in [0.15, 0.2) is 41.3 Å². The molecule has 0 saturated carbocycles. The molecule has 0 aliphatic carbocycles. The Morgan fingerprint density at radius 1 is 0.962 bits per heavy atom. The highest BCUT2D eigenvalue weighted by Gasteiger charge is 2.32. The first-order chi connectivity index (χ1) is 11.7. The number of benzene rings is 2. The van der Waals surface area contributed by atoms with Crippen molar-refractivity contribution < 1.29 is 21.6 Å². The van der Waals surface area contributed by atoms with Gasteiger partial charge in [-0.05, 0) is 47.7 Å². The predicted molar refractivity (Wildman–Crippen MR) is 97.1 cm³/mol. The fraction of sp³-hybridized carbons (Fsp3) is 0.333. The molecule has 2 aromatic rings. The first-order valence-corrected chi connectivity index (χ1v) is 9.58. The van der Waals surface area contributed by atoms with Crippen molar-refractivity contribution in [2.45, 2.75) is 44.2 Å². The van der Waals surface area contributed by atoms with E-state index in [9.17, 15) is 21.6 Å². The average Bonchev–Trinajstić information content (AvgIpc) is 2.46. The summed E-state index contributed by atoms with van der Waals surface area (Å²) < 4.78 is 65.6. The van der Waals surface area contributed by atoms with E-state index in [1.807, 2.05) is 26.8 Å². The lowest BCUT2D eigenvalue weighted by Crippen LogP contribution is -2.16. The molecular formula is C18H19ClF3NO2S. The summed E-state index contributed by atoms with van der Waals surface area (Å²) in [6, 6.07) is 7.45. The van der Waals surface area contributed by atoms with Gasteiger partial charge in [-0.1, -0.05) is 44.5 Å². The highest BCUT2D eigenvalue weighted by atomic mass is 35.5. The van der Waals surface area contributed by atoms with Crippen LogP contribution in [0.3, 0.4) is 0 Å². The lowest BCUT2D eigenvalue weighted by molar-refractivity contribution is -0.137. The van der Waals surface area contributed by atoms with Crippen molar-refractivity contribution in [3.05, 3.63) is 58.1 Å². The summed E-state index contributed by atoms with van der Waals surface area (Å²) in [7, 11) is -4.13. The second-order valence-corrected chi connectivity index (χ2v) is 9.09. The van der Waals surface area contributed by atoms with Crippen molar-refractivity contribution >= 4 is 27.3 Å². The molecule has 3 nitrogen and oxygen atoms in total. The molecule has 0 bridgehead atoms. The van der Waals surface area contributed by atoms with Crippen LogP contribution in [0.2, 0.25) is 5.02 Å². The first-order valence-electron chi connectivity index (χ1n) is 7.72. The number of aryl methyl sites for hydroxylation is 1. The lowest BCUT2D eigenvalue weighted by atomic mass is 9.86. The van der Waals surface area contributed by atoms with Gasteiger partial charge >= 0.3 is 6.18 Å². The fourth-order valence-electron chi connectivity index (χ4n) is 2.34. The normalized spacial score (nSPS) is 12.9. The zero-order valence-corrected chi connectivity index (χ0v) is 16.3. The van der Waals surface area contributed by atoms with Crippen molar-refractivity contribution in [2.75, 3.05) is 4.72 Å². The first kappa shape index (κ1) is 20.6. The van der Waals surface area contributed by atoms with E-state index in [1.165, 1.54) is 0 Å². The van der Waals surface area contributed by atoms with Gasteiger partial charge in [-0.15, -0.1) is 0 Å². The fourth-order valence-corrected chi connectivity index (χ4v) is 4.02. The Kier molecular flexibility index (Phi) is 5.36. The lowest BCUT2D eigenvalue weighted by Gasteiger charge is -2.21. The minimum Gasteiger partial charge on any atom is -0.279 e. The Morgan fingerprint density at radius 2 is 1.54 bits per heavy atom. The topological polar surface area (TPSA) is 46.2 Å². The average molecular weight is 406 g/mol. The summed E-state index contributed by atoms with van der Waals surface area (Å²) in [5, 5.41) is -0.490. The van der Waals surface area contributed by atoms with Crippen LogP contribution in [-0.2, 0) is 21.6 Å². The van der Waals surface area contributed by atoms with Crippen molar-refractivity contribution in [3.8, 4) is 0 Å². The summed E-state index contributed by atoms with van der Waals surface area (Å²) in [6.07, 6.45) is -4.60. The van der Waals surface area contributed by atoms with Gasteiger partial charge in [0, 0.05) is 0 Å². The van der Waals surface area contributed by atoms with E-state index >= 15 is 0 Å². The smallest absolute Gasteiger partial charge is 0.279 e. The molecule has 142 valence electrons. The third-order valence-electron chi connectivity index (χ3n) is 3.89. The Morgan fingerprint density at radius 3 is 2.00 bits per heavy atom. The highest BCUT2D eigenvalue weighted by molar-refractivity contribution is 7.92. The van der Waals surface area contributed by atoms with Crippen molar-refractivity contribution in [1.29, 1.82) is 0 Å². The molecule has 0 heterocycles. The molecule has 0 atom stereocenters. The molecule has 0 fully saturated rings. The van der Waals surface area contributed by atoms with Crippen LogP contribution in [0.4, 0.5) is 18.9 Å². The number of halogens is 4. The van der Waals surface area contributed by atoms with E-state index in [1.54, 1.807) is 19.1 Å². The summed E-state index contributed by atoms with van der Waals surface area (Å²) >= 11 is 5.79. The van der Waals surface area contributed by atoms with E-state index in [4.69, 9.17) is 11.6 Å². The van der Waals surface area contributed by atoms with Gasteiger partial charge in [-0.3, -0.25) is 4.72 Å². The van der Waals surface area contributed by atoms with E-state index in [-0.39, 0.29) is 5.41 Å². The van der Waals surface area contributed by atoms with Crippen LogP contribution in [0.25, 0.3) is 0 Å². The number of hydrogen-bond acceptors (Lipinski definition) is 2. The molecule has 26 heavy (non-hydrogen) atoms. The Balaban J connectivity index is 2.38. The largest absolute Gasteiger partial charge is 0.416 e. The van der Waals surface area contributed by atoms with Crippen LogP contribution in [0.1, 0.15) is 37.5 Å². The molecule has 0 amide bonds. The number of alkyl halides is 3. The molecule has 2 aromatic carbocycles. The maximum absolute atomic E-state index is 12.7.